The van der Waals surface area contributed by atoms with E-state index < -0.39 is 12.1 Å². The number of hydrogen-bond donors (Lipinski definition) is 0. The first-order valence-electron chi connectivity index (χ1n) is 20.8. The quantitative estimate of drug-likeness (QED) is 0.0214. The van der Waals surface area contributed by atoms with Crippen LogP contribution in [-0.2, 0) is 28.6 Å². The summed E-state index contributed by atoms with van der Waals surface area (Å²) in [5.74, 6) is -1.16. The van der Waals surface area contributed by atoms with Crippen LogP contribution in [0.25, 0.3) is 0 Å². The Morgan fingerprint density at radius 2 is 0.855 bits per heavy atom. The standard InChI is InChI=1S/C49H72O6/c1-4-7-10-13-16-19-21-22-23-24-25-26-28-30-33-36-39-42-48(51)54-45-46(44-53-47(50)41-38-35-32-29-18-15-12-9-6-3)55-49(52)43-40-37-34-31-27-20-17-14-11-8-5-2/h7,9-10,12-14,16-29,35,38,46H,4-6,8,11,15,30-34,36-37,39-45H2,1-3H3/b10-7-,12-9-,16-13-,17-14-,21-19-,23-22-,25-24+,27-20-,28-26-,29-18-,38-35-. The highest BCUT2D eigenvalue weighted by Gasteiger charge is 2.19. The fourth-order valence-electron chi connectivity index (χ4n) is 4.74. The number of unbranched alkanes of at least 4 members (excludes halogenated alkanes) is 8. The summed E-state index contributed by atoms with van der Waals surface area (Å²) in [6.45, 7) is 6.10. The van der Waals surface area contributed by atoms with E-state index in [2.05, 4.69) is 81.5 Å². The summed E-state index contributed by atoms with van der Waals surface area (Å²) in [7, 11) is 0. The van der Waals surface area contributed by atoms with E-state index in [1.54, 1.807) is 6.08 Å². The third-order valence-electron chi connectivity index (χ3n) is 7.84. The Morgan fingerprint density at radius 3 is 1.40 bits per heavy atom. The number of carbonyl (C=O) groups is 3. The Bertz CT molecular complexity index is 1280. The molecule has 0 amide bonds. The number of hydrogen-bond acceptors (Lipinski definition) is 6. The van der Waals surface area contributed by atoms with Gasteiger partial charge in [-0.2, -0.15) is 0 Å². The second kappa shape index (κ2) is 42.3. The van der Waals surface area contributed by atoms with E-state index in [-0.39, 0.29) is 44.4 Å². The van der Waals surface area contributed by atoms with Crippen molar-refractivity contribution in [3.05, 3.63) is 134 Å². The van der Waals surface area contributed by atoms with Gasteiger partial charge in [0.2, 0.25) is 0 Å². The molecule has 0 saturated heterocycles. The third kappa shape index (κ3) is 40.6. The molecule has 0 aromatic heterocycles. The zero-order valence-electron chi connectivity index (χ0n) is 34.4. The van der Waals surface area contributed by atoms with Gasteiger partial charge in [-0.05, 0) is 70.6 Å². The van der Waals surface area contributed by atoms with Crippen LogP contribution in [0.1, 0.15) is 136 Å². The van der Waals surface area contributed by atoms with Crippen LogP contribution in [0.4, 0.5) is 0 Å². The molecule has 0 bridgehead atoms. The Morgan fingerprint density at radius 1 is 0.418 bits per heavy atom. The summed E-state index contributed by atoms with van der Waals surface area (Å²) in [5.41, 5.74) is 0. The average molecular weight is 757 g/mol. The van der Waals surface area contributed by atoms with Crippen LogP contribution in [0.5, 0.6) is 0 Å². The van der Waals surface area contributed by atoms with Gasteiger partial charge in [0.05, 0.1) is 6.42 Å². The van der Waals surface area contributed by atoms with Gasteiger partial charge in [0.1, 0.15) is 13.2 Å². The zero-order chi connectivity index (χ0) is 40.1. The molecule has 1 atom stereocenters. The van der Waals surface area contributed by atoms with Gasteiger partial charge >= 0.3 is 17.9 Å². The molecule has 0 aromatic carbocycles. The number of allylic oxidation sites excluding steroid dienone is 21. The van der Waals surface area contributed by atoms with Crippen molar-refractivity contribution in [2.24, 2.45) is 0 Å². The minimum Gasteiger partial charge on any atom is -0.462 e. The molecule has 0 fully saturated rings. The molecule has 0 aromatic rings. The first-order valence-corrected chi connectivity index (χ1v) is 20.8. The van der Waals surface area contributed by atoms with Crippen LogP contribution in [0.2, 0.25) is 0 Å². The fourth-order valence-corrected chi connectivity index (χ4v) is 4.74. The van der Waals surface area contributed by atoms with E-state index in [1.807, 2.05) is 66.8 Å². The summed E-state index contributed by atoms with van der Waals surface area (Å²) in [6, 6.07) is 0. The maximum Gasteiger partial charge on any atom is 0.309 e. The molecular formula is C49H72O6. The molecule has 0 N–H and O–H groups in total. The number of esters is 3. The van der Waals surface area contributed by atoms with E-state index in [0.29, 0.717) is 12.8 Å². The normalized spacial score (nSPS) is 13.4. The van der Waals surface area contributed by atoms with Gasteiger partial charge in [0.25, 0.3) is 0 Å². The summed E-state index contributed by atoms with van der Waals surface area (Å²) in [5, 5.41) is 0. The molecule has 6 nitrogen and oxygen atoms in total. The lowest BCUT2D eigenvalue weighted by atomic mass is 10.1. The van der Waals surface area contributed by atoms with Crippen molar-refractivity contribution >= 4 is 17.9 Å². The van der Waals surface area contributed by atoms with Crippen molar-refractivity contribution < 1.29 is 28.6 Å². The first-order chi connectivity index (χ1) is 27.0. The van der Waals surface area contributed by atoms with Gasteiger partial charge in [0.15, 0.2) is 6.10 Å². The van der Waals surface area contributed by atoms with Gasteiger partial charge in [-0.15, -0.1) is 0 Å². The lowest BCUT2D eigenvalue weighted by Crippen LogP contribution is -2.30. The van der Waals surface area contributed by atoms with E-state index in [1.165, 1.54) is 12.8 Å². The molecule has 304 valence electrons. The molecule has 0 rings (SSSR count). The third-order valence-corrected chi connectivity index (χ3v) is 7.84. The van der Waals surface area contributed by atoms with E-state index in [4.69, 9.17) is 14.2 Å². The SMILES string of the molecule is CC\C=C/C=C\C=C/C=C\C=C\C=C/CCCCCC(=O)OCC(COC(=O)C/C=C\C/C=C\C/C=C\CC)OC(=O)CCCCC/C=C\C=C/CCCC. The largest absolute Gasteiger partial charge is 0.462 e. The van der Waals surface area contributed by atoms with E-state index in [9.17, 15) is 14.4 Å². The summed E-state index contributed by atoms with van der Waals surface area (Å²) in [6.07, 6.45) is 59.0. The number of ether oxygens (including phenoxy) is 3. The minimum absolute atomic E-state index is 0.114. The Hall–Kier alpha value is -4.45. The van der Waals surface area contributed by atoms with Crippen molar-refractivity contribution in [1.29, 1.82) is 0 Å². The molecule has 0 aliphatic rings. The summed E-state index contributed by atoms with van der Waals surface area (Å²) in [4.78, 5) is 37.5. The monoisotopic (exact) mass is 757 g/mol. The van der Waals surface area contributed by atoms with Crippen molar-refractivity contribution in [3.8, 4) is 0 Å². The minimum atomic E-state index is -0.847. The van der Waals surface area contributed by atoms with E-state index >= 15 is 0 Å². The molecule has 0 spiro atoms. The lowest BCUT2D eigenvalue weighted by Gasteiger charge is -2.18. The van der Waals surface area contributed by atoms with E-state index in [0.717, 1.165) is 70.6 Å². The maximum atomic E-state index is 12.6. The number of rotatable bonds is 34. The topological polar surface area (TPSA) is 78.9 Å². The van der Waals surface area contributed by atoms with Crippen molar-refractivity contribution in [3.63, 3.8) is 0 Å². The van der Waals surface area contributed by atoms with Crippen LogP contribution >= 0.6 is 0 Å². The van der Waals surface area contributed by atoms with Crippen LogP contribution in [-0.4, -0.2) is 37.2 Å². The Kier molecular flexibility index (Phi) is 38.9. The van der Waals surface area contributed by atoms with Gasteiger partial charge in [-0.3, -0.25) is 14.4 Å². The van der Waals surface area contributed by atoms with Crippen molar-refractivity contribution in [2.45, 2.75) is 142 Å². The predicted molar refractivity (Wildman–Crippen MR) is 232 cm³/mol. The highest BCUT2D eigenvalue weighted by molar-refractivity contribution is 5.72. The smallest absolute Gasteiger partial charge is 0.309 e. The van der Waals surface area contributed by atoms with Crippen molar-refractivity contribution in [2.75, 3.05) is 13.2 Å². The Labute approximate surface area is 334 Å². The van der Waals surface area contributed by atoms with Crippen LogP contribution in [0, 0.1) is 0 Å². The van der Waals surface area contributed by atoms with Crippen molar-refractivity contribution in [1.82, 2.24) is 0 Å². The van der Waals surface area contributed by atoms with Gasteiger partial charge < -0.3 is 14.2 Å². The molecule has 55 heavy (non-hydrogen) atoms. The Balaban J connectivity index is 4.60. The molecular weight excluding hydrogens is 685 g/mol. The molecule has 1 unspecified atom stereocenters. The van der Waals surface area contributed by atoms with Crippen LogP contribution < -0.4 is 0 Å². The summed E-state index contributed by atoms with van der Waals surface area (Å²) >= 11 is 0. The predicted octanol–water partition coefficient (Wildman–Crippen LogP) is 13.2. The van der Waals surface area contributed by atoms with Gasteiger partial charge in [-0.1, -0.05) is 180 Å². The van der Waals surface area contributed by atoms with Crippen LogP contribution in [0.15, 0.2) is 134 Å². The first kappa shape index (κ1) is 50.5. The zero-order valence-corrected chi connectivity index (χ0v) is 34.4. The highest BCUT2D eigenvalue weighted by Crippen LogP contribution is 2.09. The second-order valence-corrected chi connectivity index (χ2v) is 13.0. The molecule has 0 heterocycles. The van der Waals surface area contributed by atoms with Crippen LogP contribution in [0.3, 0.4) is 0 Å². The average Bonchev–Trinajstić information content (AvgIpc) is 3.18. The molecule has 0 aliphatic carbocycles. The van der Waals surface area contributed by atoms with Gasteiger partial charge in [0, 0.05) is 12.8 Å². The van der Waals surface area contributed by atoms with Gasteiger partial charge in [-0.25, -0.2) is 0 Å². The molecule has 0 aliphatic heterocycles. The highest BCUT2D eigenvalue weighted by atomic mass is 16.6. The lowest BCUT2D eigenvalue weighted by molar-refractivity contribution is -0.166. The fraction of sp³-hybridized carbons (Fsp3) is 0.490. The number of carbonyl (C=O) groups excluding carboxylic acids is 3. The molecule has 0 radical (unpaired) electrons. The molecule has 6 heteroatoms. The molecule has 0 saturated carbocycles. The second-order valence-electron chi connectivity index (χ2n) is 13.0. The maximum absolute atomic E-state index is 12.6. The summed E-state index contributed by atoms with van der Waals surface area (Å²) < 4.78 is 16.5.